The predicted molar refractivity (Wildman–Crippen MR) is 191 cm³/mol. The molecule has 0 bridgehead atoms. The molecule has 13 heteroatoms. The molecule has 3 amide bonds. The number of amides is 3. The van der Waals surface area contributed by atoms with E-state index in [-0.39, 0.29) is 17.2 Å². The summed E-state index contributed by atoms with van der Waals surface area (Å²) in [6.07, 6.45) is 4.22. The van der Waals surface area contributed by atoms with Crippen LogP contribution in [0.25, 0.3) is 9.75 Å². The summed E-state index contributed by atoms with van der Waals surface area (Å²) in [4.78, 5) is 50.7. The van der Waals surface area contributed by atoms with Gasteiger partial charge < -0.3 is 25.2 Å². The molecule has 254 valence electrons. The Morgan fingerprint density at radius 3 is 2.40 bits per heavy atom. The molecule has 2 N–H and O–H groups in total. The lowest BCUT2D eigenvalue weighted by molar-refractivity contribution is -0.000510. The molecule has 5 aromatic rings. The summed E-state index contributed by atoms with van der Waals surface area (Å²) >= 11 is 2.68. The van der Waals surface area contributed by atoms with Crippen molar-refractivity contribution in [2.24, 2.45) is 5.41 Å². The molecule has 0 radical (unpaired) electrons. The van der Waals surface area contributed by atoms with E-state index in [1.807, 2.05) is 11.4 Å². The van der Waals surface area contributed by atoms with E-state index >= 15 is 0 Å². The van der Waals surface area contributed by atoms with Crippen LogP contribution in [-0.4, -0.2) is 55.6 Å². The third kappa shape index (κ3) is 5.95. The third-order valence-electron chi connectivity index (χ3n) is 9.55. The quantitative estimate of drug-likeness (QED) is 0.190. The van der Waals surface area contributed by atoms with Crippen LogP contribution in [0.5, 0.6) is 0 Å². The van der Waals surface area contributed by atoms with E-state index < -0.39 is 23.2 Å². The van der Waals surface area contributed by atoms with E-state index in [9.17, 15) is 23.2 Å². The Kier molecular flexibility index (Phi) is 8.41. The second kappa shape index (κ2) is 13.0. The Balaban J connectivity index is 0.952. The molecule has 2 fully saturated rings. The van der Waals surface area contributed by atoms with Gasteiger partial charge in [-0.25, -0.2) is 13.8 Å². The minimum Gasteiger partial charge on any atom is -0.381 e. The summed E-state index contributed by atoms with van der Waals surface area (Å²) in [5, 5.41) is 7.21. The van der Waals surface area contributed by atoms with Gasteiger partial charge in [-0.2, -0.15) is 0 Å². The van der Waals surface area contributed by atoms with Crippen LogP contribution in [0.2, 0.25) is 0 Å². The zero-order valence-corrected chi connectivity index (χ0v) is 28.3. The van der Waals surface area contributed by atoms with E-state index in [4.69, 9.17) is 4.74 Å². The Morgan fingerprint density at radius 2 is 1.64 bits per heavy atom. The molecule has 8 rings (SSSR count). The molecule has 3 aliphatic heterocycles. The lowest BCUT2D eigenvalue weighted by atomic mass is 9.73. The summed E-state index contributed by atoms with van der Waals surface area (Å²) in [6, 6.07) is 17.4. The molecule has 0 atom stereocenters. The predicted octanol–water partition coefficient (Wildman–Crippen LogP) is 7.47. The first kappa shape index (κ1) is 32.2. The number of anilines is 4. The van der Waals surface area contributed by atoms with Crippen molar-refractivity contribution in [3.8, 4) is 9.75 Å². The molecule has 0 saturated carbocycles. The number of nitrogens with zero attached hydrogens (tertiary/aromatic N) is 3. The molecule has 2 saturated heterocycles. The molecule has 6 heterocycles. The SMILES string of the molecule is O=C(Nc1c(F)cccc1F)c1cc2c(s1)-c1sccc1N(C(=O)c1ccc(NC(=O)c3cccnc3N3CC4(CCOCC4)C3)cc1)CC2. The molecule has 1 spiro atoms. The van der Waals surface area contributed by atoms with Gasteiger partial charge in [0, 0.05) is 55.7 Å². The highest BCUT2D eigenvalue weighted by Crippen LogP contribution is 2.46. The Hall–Kier alpha value is -4.98. The van der Waals surface area contributed by atoms with E-state index in [1.165, 1.54) is 28.7 Å². The molecule has 9 nitrogen and oxygen atoms in total. The average molecular weight is 712 g/mol. The number of halogens is 2. The summed E-state index contributed by atoms with van der Waals surface area (Å²) in [7, 11) is 0. The molecular formula is C37H31F2N5O4S2. The number of thiophene rings is 2. The fourth-order valence-corrected chi connectivity index (χ4v) is 9.06. The van der Waals surface area contributed by atoms with E-state index in [2.05, 4.69) is 20.5 Å². The van der Waals surface area contributed by atoms with Crippen molar-refractivity contribution in [1.29, 1.82) is 0 Å². The number of hydrogen-bond acceptors (Lipinski definition) is 8. The Labute approximate surface area is 294 Å². The van der Waals surface area contributed by atoms with Gasteiger partial charge in [0.15, 0.2) is 0 Å². The van der Waals surface area contributed by atoms with Crippen LogP contribution in [0.3, 0.4) is 0 Å². The maximum absolute atomic E-state index is 14.2. The lowest BCUT2D eigenvalue weighted by Crippen LogP contribution is -2.59. The first-order chi connectivity index (χ1) is 24.3. The number of nitrogens with one attached hydrogen (secondary N) is 2. The largest absolute Gasteiger partial charge is 0.381 e. The number of para-hydroxylation sites is 1. The molecule has 0 unspecified atom stereocenters. The highest BCUT2D eigenvalue weighted by atomic mass is 32.1. The number of benzene rings is 2. The van der Waals surface area contributed by atoms with Crippen LogP contribution in [0.15, 0.2) is 78.3 Å². The van der Waals surface area contributed by atoms with Crippen molar-refractivity contribution in [1.82, 2.24) is 4.98 Å². The third-order valence-corrected chi connectivity index (χ3v) is 11.8. The number of pyridine rings is 1. The summed E-state index contributed by atoms with van der Waals surface area (Å²) in [6.45, 7) is 3.62. The van der Waals surface area contributed by atoms with Crippen molar-refractivity contribution in [3.63, 3.8) is 0 Å². The van der Waals surface area contributed by atoms with Gasteiger partial charge in [0.25, 0.3) is 17.7 Å². The van der Waals surface area contributed by atoms with Crippen molar-refractivity contribution in [2.45, 2.75) is 19.3 Å². The number of carbonyl (C=O) groups excluding carboxylic acids is 3. The minimum absolute atomic E-state index is 0.194. The molecule has 3 aliphatic rings. The normalized spacial score (nSPS) is 16.2. The van der Waals surface area contributed by atoms with Gasteiger partial charge in [0.1, 0.15) is 23.1 Å². The van der Waals surface area contributed by atoms with Crippen LogP contribution >= 0.6 is 22.7 Å². The Bertz CT molecular complexity index is 2100. The first-order valence-electron chi connectivity index (χ1n) is 16.3. The van der Waals surface area contributed by atoms with E-state index in [0.29, 0.717) is 40.5 Å². The highest BCUT2D eigenvalue weighted by molar-refractivity contribution is 7.23. The minimum atomic E-state index is -0.852. The monoisotopic (exact) mass is 711 g/mol. The van der Waals surface area contributed by atoms with Gasteiger partial charge in [-0.15, -0.1) is 22.7 Å². The highest BCUT2D eigenvalue weighted by Gasteiger charge is 2.45. The molecular weight excluding hydrogens is 681 g/mol. The molecule has 3 aromatic heterocycles. The van der Waals surface area contributed by atoms with Gasteiger partial charge in [0.05, 0.1) is 25.9 Å². The van der Waals surface area contributed by atoms with E-state index in [0.717, 1.165) is 72.3 Å². The number of aromatic nitrogens is 1. The van der Waals surface area contributed by atoms with Gasteiger partial charge >= 0.3 is 0 Å². The molecule has 50 heavy (non-hydrogen) atoms. The van der Waals surface area contributed by atoms with Crippen LogP contribution in [0.1, 0.15) is 48.8 Å². The van der Waals surface area contributed by atoms with Crippen LogP contribution < -0.4 is 20.4 Å². The standard InChI is InChI=1S/C37H31F2N5O4S2/c38-26-4-1-5-27(39)30(26)42-35(46)29-19-23-10-15-44(28-11-18-49-32(28)31(23)50-29)36(47)22-6-8-24(9-7-22)41-34(45)25-3-2-14-40-33(25)43-20-37(21-43)12-16-48-17-13-37/h1-9,11,14,18-19H,10,12-13,15-17,20-21H2,(H,41,45)(H,42,46). The van der Waals surface area contributed by atoms with Crippen LogP contribution in [-0.2, 0) is 11.2 Å². The number of rotatable bonds is 6. The second-order valence-electron chi connectivity index (χ2n) is 12.7. The maximum Gasteiger partial charge on any atom is 0.265 e. The number of carbonyl (C=O) groups is 3. The second-order valence-corrected chi connectivity index (χ2v) is 14.7. The summed E-state index contributed by atoms with van der Waals surface area (Å²) < 4.78 is 33.9. The molecule has 0 aliphatic carbocycles. The van der Waals surface area contributed by atoms with Gasteiger partial charge in [-0.3, -0.25) is 14.4 Å². The number of hydrogen-bond donors (Lipinski definition) is 2. The Morgan fingerprint density at radius 1 is 0.880 bits per heavy atom. The zero-order valence-electron chi connectivity index (χ0n) is 26.7. The average Bonchev–Trinajstić information content (AvgIpc) is 3.74. The van der Waals surface area contributed by atoms with Crippen molar-refractivity contribution in [3.05, 3.63) is 112 Å². The zero-order chi connectivity index (χ0) is 34.4. The first-order valence-corrected chi connectivity index (χ1v) is 18.0. The number of fused-ring (bicyclic) bond motifs is 3. The smallest absolute Gasteiger partial charge is 0.265 e. The van der Waals surface area contributed by atoms with Crippen molar-refractivity contribution in [2.75, 3.05) is 53.3 Å². The van der Waals surface area contributed by atoms with Gasteiger partial charge in [-0.05, 0) is 90.9 Å². The van der Waals surface area contributed by atoms with Crippen molar-refractivity contribution >= 4 is 63.3 Å². The fourth-order valence-electron chi connectivity index (χ4n) is 6.87. The topological polar surface area (TPSA) is 104 Å². The van der Waals surface area contributed by atoms with E-state index in [1.54, 1.807) is 53.6 Å². The van der Waals surface area contributed by atoms with Gasteiger partial charge in [0.2, 0.25) is 0 Å². The lowest BCUT2D eigenvalue weighted by Gasteiger charge is -2.53. The molecule has 2 aromatic carbocycles. The van der Waals surface area contributed by atoms with Gasteiger partial charge in [-0.1, -0.05) is 6.07 Å². The maximum atomic E-state index is 14.2. The number of ether oxygens (including phenoxy) is 1. The summed E-state index contributed by atoms with van der Waals surface area (Å²) in [5.74, 6) is -2.10. The van der Waals surface area contributed by atoms with Crippen LogP contribution in [0.4, 0.5) is 31.7 Å². The fraction of sp³-hybridized carbons (Fsp3) is 0.243. The van der Waals surface area contributed by atoms with Crippen molar-refractivity contribution < 1.29 is 27.9 Å². The van der Waals surface area contributed by atoms with Crippen LogP contribution in [0, 0.1) is 17.0 Å². The summed E-state index contributed by atoms with van der Waals surface area (Å²) in [5.41, 5.74) is 2.86.